The smallest absolute Gasteiger partial charge is 0.163 e. The molecular formula is C79H84O13. The van der Waals surface area contributed by atoms with Crippen molar-refractivity contribution in [1.82, 2.24) is 0 Å². The number of aryl methyl sites for hydroxylation is 5. The van der Waals surface area contributed by atoms with Crippen molar-refractivity contribution < 1.29 is 62.0 Å². The Morgan fingerprint density at radius 1 is 0.272 bits per heavy atom. The van der Waals surface area contributed by atoms with Gasteiger partial charge in [0.05, 0.1) is 42.7 Å². The number of ether oxygens (including phenoxy) is 6. The number of hydrogen-bond donors (Lipinski definition) is 0. The van der Waals surface area contributed by atoms with Gasteiger partial charge in [-0.25, -0.2) is 0 Å². The molecule has 9 rings (SSSR count). The molecule has 0 atom stereocenters. The summed E-state index contributed by atoms with van der Waals surface area (Å²) in [6, 6.07) is 52.6. The molecule has 9 aromatic rings. The van der Waals surface area contributed by atoms with Crippen LogP contribution in [-0.4, -0.2) is 83.1 Å². The number of rotatable bonds is 16. The first-order valence-electron chi connectivity index (χ1n) is 29.5. The predicted octanol–water partition coefficient (Wildman–Crippen LogP) is 18.1. The van der Waals surface area contributed by atoms with Gasteiger partial charge in [0.2, 0.25) is 0 Å². The summed E-state index contributed by atoms with van der Waals surface area (Å²) in [4.78, 5) is 77.6. The summed E-state index contributed by atoms with van der Waals surface area (Å²) in [7, 11) is 10.0. The first-order valence-corrected chi connectivity index (χ1v) is 29.5. The molecule has 0 spiro atoms. The van der Waals surface area contributed by atoms with Crippen molar-refractivity contribution in [1.29, 1.82) is 0 Å². The van der Waals surface area contributed by atoms with Crippen LogP contribution < -0.4 is 28.4 Å². The summed E-state index contributed by atoms with van der Waals surface area (Å²) in [5.41, 5.74) is 14.3. The topological polar surface area (TPSA) is 175 Å². The molecular weight excluding hydrogens is 1160 g/mol. The summed E-state index contributed by atoms with van der Waals surface area (Å²) in [6.07, 6.45) is 4.05. The lowest BCUT2D eigenvalue weighted by atomic mass is 9.96. The zero-order valence-electron chi connectivity index (χ0n) is 56.1. The second-order valence-corrected chi connectivity index (χ2v) is 21.5. The van der Waals surface area contributed by atoms with Gasteiger partial charge in [-0.1, -0.05) is 103 Å². The Bertz CT molecular complexity index is 3860. The average Bonchev–Trinajstić information content (AvgIpc) is 0.859. The number of hydrogen-bond acceptors (Lipinski definition) is 13. The number of carbonyl (C=O) groups is 7. The van der Waals surface area contributed by atoms with Crippen LogP contribution in [0, 0.1) is 34.6 Å². The van der Waals surface area contributed by atoms with Crippen LogP contribution in [0.3, 0.4) is 0 Å². The maximum Gasteiger partial charge on any atom is 0.163 e. The van der Waals surface area contributed by atoms with Crippen LogP contribution >= 0.6 is 0 Å². The van der Waals surface area contributed by atoms with Crippen LogP contribution in [0.5, 0.6) is 34.5 Å². The van der Waals surface area contributed by atoms with Crippen molar-refractivity contribution in [2.45, 2.75) is 83.1 Å². The highest BCUT2D eigenvalue weighted by molar-refractivity contribution is 6.04. The van der Waals surface area contributed by atoms with E-state index in [-0.39, 0.29) is 40.5 Å². The number of fused-ring (bicyclic) bond motifs is 1. The van der Waals surface area contributed by atoms with Crippen LogP contribution in [0.2, 0.25) is 0 Å². The van der Waals surface area contributed by atoms with E-state index in [0.717, 1.165) is 95.3 Å². The molecule has 0 amide bonds. The Morgan fingerprint density at radius 2 is 0.587 bits per heavy atom. The van der Waals surface area contributed by atoms with Gasteiger partial charge in [0, 0.05) is 38.9 Å². The van der Waals surface area contributed by atoms with Crippen LogP contribution in [0.1, 0.15) is 160 Å². The lowest BCUT2D eigenvalue weighted by Crippen LogP contribution is -2.03. The largest absolute Gasteiger partial charge is 0.497 e. The van der Waals surface area contributed by atoms with Crippen LogP contribution in [0.25, 0.3) is 34.1 Å². The van der Waals surface area contributed by atoms with Crippen molar-refractivity contribution in [2.75, 3.05) is 42.7 Å². The molecule has 0 heterocycles. The minimum atomic E-state index is -0.152. The fourth-order valence-corrected chi connectivity index (χ4v) is 9.41. The summed E-state index contributed by atoms with van der Waals surface area (Å²) in [5.74, 6) is 4.98. The number of carbonyl (C=O) groups excluding carboxylic acids is 7. The monoisotopic (exact) mass is 1240 g/mol. The summed E-state index contributed by atoms with van der Waals surface area (Å²) >= 11 is 0. The maximum atomic E-state index is 11.2. The molecule has 0 aliphatic heterocycles. The van der Waals surface area contributed by atoms with Gasteiger partial charge >= 0.3 is 0 Å². The Labute approximate surface area is 542 Å². The van der Waals surface area contributed by atoms with E-state index in [1.807, 2.05) is 122 Å². The van der Waals surface area contributed by atoms with Crippen molar-refractivity contribution in [3.8, 4) is 45.6 Å². The molecule has 0 saturated carbocycles. The average molecular weight is 1240 g/mol. The van der Waals surface area contributed by atoms with E-state index in [0.29, 0.717) is 27.8 Å². The Balaban J connectivity index is 0.000000238. The molecule has 478 valence electrons. The normalized spacial score (nSPS) is 10.1. The number of Topliss-reactive ketones (excluding diaryl/α,β-unsaturated/α-hetero) is 7. The quantitative estimate of drug-likeness (QED) is 0.0661. The predicted molar refractivity (Wildman–Crippen MR) is 370 cm³/mol. The minimum Gasteiger partial charge on any atom is -0.497 e. The standard InChI is InChI=1S/C18H22O2.C17H16O2.C13H12O2.C12H12O3.C10H10O2.C9H12O2/c1-11-7-15(8-12(2)17(11)19-5)16-9-13(3)18(20-6)14(4)10-16;1-13(18)16-9-5-14(6-10-16)3-4-15-7-11-17(19-2)12-8-15;1-9(14)10-3-4-12-8-13(15-2)6-5-11(12)7-10;1-7(13)10-4-11(8(2)14)6-12(5-10)9(3)15;1-7(11)9-3-5-10(6-4-9)8(2)12;1-7-5-4-6-8(10-2)9(7)11-3/h7-10H,1-6H3;3-12H,1-2H3;3-8H,1-2H3;4-6H,1-3H3;3-6H,1-2H3;4-6H,1-3H3. The van der Waals surface area contributed by atoms with E-state index in [1.54, 1.807) is 80.8 Å². The summed E-state index contributed by atoms with van der Waals surface area (Å²) < 4.78 is 31.3. The van der Waals surface area contributed by atoms with Crippen LogP contribution in [-0.2, 0) is 0 Å². The van der Waals surface area contributed by atoms with Crippen LogP contribution in [0.15, 0.2) is 170 Å². The maximum absolute atomic E-state index is 11.2. The molecule has 0 radical (unpaired) electrons. The van der Waals surface area contributed by atoms with E-state index in [2.05, 4.69) is 52.0 Å². The third kappa shape index (κ3) is 22.2. The lowest BCUT2D eigenvalue weighted by molar-refractivity contribution is 0.0996. The summed E-state index contributed by atoms with van der Waals surface area (Å²) in [6.45, 7) is 20.7. The molecule has 0 bridgehead atoms. The van der Waals surface area contributed by atoms with E-state index in [9.17, 15) is 33.6 Å². The van der Waals surface area contributed by atoms with Crippen molar-refractivity contribution in [3.63, 3.8) is 0 Å². The van der Waals surface area contributed by atoms with Gasteiger partial charge in [0.25, 0.3) is 0 Å². The van der Waals surface area contributed by atoms with E-state index in [4.69, 9.17) is 28.4 Å². The Kier molecular flexibility index (Phi) is 29.1. The first kappa shape index (κ1) is 73.9. The van der Waals surface area contributed by atoms with Gasteiger partial charge in [-0.2, -0.15) is 0 Å². The number of methoxy groups -OCH3 is 6. The van der Waals surface area contributed by atoms with Gasteiger partial charge in [-0.3, -0.25) is 33.6 Å². The zero-order valence-corrected chi connectivity index (χ0v) is 56.1. The highest BCUT2D eigenvalue weighted by Gasteiger charge is 2.13. The SMILES string of the molecule is CC(=O)c1cc(C(C)=O)cc(C(C)=O)c1.CC(=O)c1ccc(C(C)=O)cc1.COc1c(C)cc(-c2cc(C)c(OC)c(C)c2)cc1C.COc1ccc(C=Cc2ccc(C(C)=O)cc2)cc1.COc1ccc2cc(C(C)=O)ccc2c1.COc1cccc(C)c1OC. The minimum absolute atomic E-state index is 0.0186. The molecule has 0 saturated heterocycles. The van der Waals surface area contributed by atoms with Crippen molar-refractivity contribution in [3.05, 3.63) is 248 Å². The van der Waals surface area contributed by atoms with Gasteiger partial charge in [-0.15, -0.1) is 0 Å². The zero-order chi connectivity index (χ0) is 68.4. The third-order valence-corrected chi connectivity index (χ3v) is 14.5. The fraction of sp³-hybridized carbons (Fsp3) is 0.228. The van der Waals surface area contributed by atoms with Gasteiger partial charge in [0.1, 0.15) is 23.0 Å². The van der Waals surface area contributed by atoms with E-state index < -0.39 is 0 Å². The summed E-state index contributed by atoms with van der Waals surface area (Å²) in [5, 5.41) is 2.14. The second kappa shape index (κ2) is 36.2. The number of para-hydroxylation sites is 1. The van der Waals surface area contributed by atoms with Crippen molar-refractivity contribution >= 4 is 63.4 Å². The highest BCUT2D eigenvalue weighted by Crippen LogP contribution is 2.34. The van der Waals surface area contributed by atoms with Crippen LogP contribution in [0.4, 0.5) is 0 Å². The molecule has 0 aliphatic carbocycles. The molecule has 0 aliphatic rings. The number of ketones is 7. The molecule has 0 unspecified atom stereocenters. The van der Waals surface area contributed by atoms with Crippen molar-refractivity contribution in [2.24, 2.45) is 0 Å². The molecule has 92 heavy (non-hydrogen) atoms. The second-order valence-electron chi connectivity index (χ2n) is 21.5. The molecule has 13 heteroatoms. The molecule has 9 aromatic carbocycles. The highest BCUT2D eigenvalue weighted by atomic mass is 16.5. The molecule has 0 fully saturated rings. The van der Waals surface area contributed by atoms with E-state index in [1.165, 1.54) is 63.9 Å². The van der Waals surface area contributed by atoms with Gasteiger partial charge in [-0.05, 0) is 223 Å². The molecule has 0 N–H and O–H groups in total. The van der Waals surface area contributed by atoms with Gasteiger partial charge < -0.3 is 28.4 Å². The van der Waals surface area contributed by atoms with E-state index >= 15 is 0 Å². The fourth-order valence-electron chi connectivity index (χ4n) is 9.41. The third-order valence-electron chi connectivity index (χ3n) is 14.5. The molecule has 0 aromatic heterocycles. The first-order chi connectivity index (χ1) is 43.7. The van der Waals surface area contributed by atoms with Gasteiger partial charge in [0.15, 0.2) is 52.0 Å². The Hall–Kier alpha value is -10.5. The lowest BCUT2D eigenvalue weighted by Gasteiger charge is -2.14. The number of benzene rings is 9. The Morgan fingerprint density at radius 3 is 0.913 bits per heavy atom. The molecule has 13 nitrogen and oxygen atoms in total.